The minimum atomic E-state index is -0.0984. The van der Waals surface area contributed by atoms with E-state index < -0.39 is 0 Å². The van der Waals surface area contributed by atoms with Gasteiger partial charge in [-0.2, -0.15) is 0 Å². The highest BCUT2D eigenvalue weighted by Crippen LogP contribution is 2.35. The van der Waals surface area contributed by atoms with Gasteiger partial charge in [-0.15, -0.1) is 0 Å². The number of hydroxylamine groups is 1. The van der Waals surface area contributed by atoms with Gasteiger partial charge in [-0.05, 0) is 50.3 Å². The van der Waals surface area contributed by atoms with Crippen LogP contribution >= 0.6 is 11.6 Å². The molecule has 0 atom stereocenters. The lowest BCUT2D eigenvalue weighted by molar-refractivity contribution is -0.113. The summed E-state index contributed by atoms with van der Waals surface area (Å²) in [5.41, 5.74) is 3.46. The zero-order chi connectivity index (χ0) is 18.4. The number of hydrogen-bond acceptors (Lipinski definition) is 6. The molecule has 7 nitrogen and oxygen atoms in total. The fourth-order valence-electron chi connectivity index (χ4n) is 2.84. The zero-order valence-electron chi connectivity index (χ0n) is 14.0. The number of nitrogens with zero attached hydrogens (tertiary/aromatic N) is 2. The van der Waals surface area contributed by atoms with E-state index in [0.717, 1.165) is 12.8 Å². The van der Waals surface area contributed by atoms with Gasteiger partial charge >= 0.3 is 0 Å². The molecule has 0 bridgehead atoms. The Morgan fingerprint density at radius 1 is 1.28 bits per heavy atom. The summed E-state index contributed by atoms with van der Waals surface area (Å²) in [7, 11) is 1.45. The molecule has 134 valence electrons. The molecule has 0 radical (unpaired) electrons. The maximum Gasteiger partial charge on any atom is 0.180 e. The predicted octanol–water partition coefficient (Wildman–Crippen LogP) is 3.65. The molecular formula is C17H20ClN3O4. The average molecular weight is 366 g/mol. The molecule has 1 aliphatic rings. The number of oxime groups is 1. The first-order valence-electron chi connectivity index (χ1n) is 7.80. The van der Waals surface area contributed by atoms with E-state index in [0.29, 0.717) is 40.4 Å². The Morgan fingerprint density at radius 2 is 1.96 bits per heavy atom. The number of ether oxygens (including phenoxy) is 1. The second-order valence-electron chi connectivity index (χ2n) is 5.53. The molecule has 0 amide bonds. The van der Waals surface area contributed by atoms with Crippen molar-refractivity contribution in [2.75, 3.05) is 7.11 Å². The van der Waals surface area contributed by atoms with E-state index in [1.807, 2.05) is 5.48 Å². The van der Waals surface area contributed by atoms with Crippen molar-refractivity contribution < 1.29 is 19.9 Å². The highest BCUT2D eigenvalue weighted by Gasteiger charge is 2.24. The molecule has 25 heavy (non-hydrogen) atoms. The molecule has 1 aromatic rings. The van der Waals surface area contributed by atoms with Gasteiger partial charge < -0.3 is 9.94 Å². The maximum absolute atomic E-state index is 11.9. The Labute approximate surface area is 150 Å². The number of aliphatic imine (C=N–C) groups is 1. The van der Waals surface area contributed by atoms with Crippen molar-refractivity contribution in [1.29, 1.82) is 0 Å². The van der Waals surface area contributed by atoms with Gasteiger partial charge in [0.1, 0.15) is 5.69 Å². The van der Waals surface area contributed by atoms with Crippen molar-refractivity contribution in [3.05, 3.63) is 34.4 Å². The van der Waals surface area contributed by atoms with Crippen molar-refractivity contribution in [3.63, 3.8) is 0 Å². The van der Waals surface area contributed by atoms with Gasteiger partial charge in [0.05, 0.1) is 12.1 Å². The molecule has 0 aliphatic heterocycles. The molecule has 1 aromatic carbocycles. The number of carbonyl (C=O) groups is 1. The molecule has 0 unspecified atom stereocenters. The molecule has 0 aromatic heterocycles. The summed E-state index contributed by atoms with van der Waals surface area (Å²) in [4.78, 5) is 16.1. The summed E-state index contributed by atoms with van der Waals surface area (Å²) in [6.45, 7) is 1.47. The highest BCUT2D eigenvalue weighted by atomic mass is 35.5. The van der Waals surface area contributed by atoms with Crippen molar-refractivity contribution in [1.82, 2.24) is 5.48 Å². The fourth-order valence-corrected chi connectivity index (χ4v) is 3.09. The van der Waals surface area contributed by atoms with Gasteiger partial charge in [0, 0.05) is 5.57 Å². The third kappa shape index (κ3) is 4.18. The van der Waals surface area contributed by atoms with Crippen LogP contribution in [0.3, 0.4) is 0 Å². The van der Waals surface area contributed by atoms with E-state index in [9.17, 15) is 15.2 Å². The number of allylic oxidation sites excluding steroid dienone is 1. The highest BCUT2D eigenvalue weighted by molar-refractivity contribution is 6.48. The smallest absolute Gasteiger partial charge is 0.180 e. The Bertz CT molecular complexity index is 756. The van der Waals surface area contributed by atoms with Crippen LogP contribution in [0, 0.1) is 0 Å². The Kier molecular flexibility index (Phi) is 6.55. The van der Waals surface area contributed by atoms with Crippen molar-refractivity contribution in [2.45, 2.75) is 32.6 Å². The van der Waals surface area contributed by atoms with Crippen LogP contribution < -0.4 is 10.2 Å². The number of hydrogen-bond donors (Lipinski definition) is 3. The van der Waals surface area contributed by atoms with Crippen LogP contribution in [-0.4, -0.2) is 34.9 Å². The van der Waals surface area contributed by atoms with Crippen LogP contribution in [0.1, 0.15) is 32.6 Å². The fraction of sp³-hybridized carbons (Fsp3) is 0.353. The van der Waals surface area contributed by atoms with Crippen molar-refractivity contribution in [2.24, 2.45) is 10.1 Å². The average Bonchev–Trinajstić information content (AvgIpc) is 2.61. The summed E-state index contributed by atoms with van der Waals surface area (Å²) in [5.74, 6) is 0.130. The van der Waals surface area contributed by atoms with Crippen LogP contribution in [0.4, 0.5) is 5.69 Å². The van der Waals surface area contributed by atoms with Gasteiger partial charge in [-0.3, -0.25) is 15.5 Å². The first-order valence-corrected chi connectivity index (χ1v) is 8.18. The number of amidine groups is 1. The largest absolute Gasteiger partial charge is 0.493 e. The number of para-hydroxylation sites is 1. The summed E-state index contributed by atoms with van der Waals surface area (Å²) in [6, 6.07) is 4.96. The van der Waals surface area contributed by atoms with E-state index in [2.05, 4.69) is 10.1 Å². The number of methoxy groups -OCH3 is 1. The minimum absolute atomic E-state index is 0.0226. The summed E-state index contributed by atoms with van der Waals surface area (Å²) >= 11 is 6.07. The standard InChI is InChI=1S/C17H20ClN3O4/c1-10(22)11-6-3-4-7-12(11)15(20-23)17(21-24)19-14-9-5-8-13(18)16(14)25-2/h5,8-9,23-24H,3-4,6-7H2,1-2H3,(H,19,21)/b20-15-. The van der Waals surface area contributed by atoms with Crippen LogP contribution in [0.25, 0.3) is 0 Å². The van der Waals surface area contributed by atoms with Gasteiger partial charge in [-0.25, -0.2) is 4.99 Å². The number of ketones is 1. The van der Waals surface area contributed by atoms with Crippen LogP contribution in [0.5, 0.6) is 5.75 Å². The number of Topliss-reactive ketones (excluding diaryl/α,β-unsaturated/α-hetero) is 1. The molecule has 8 heteroatoms. The zero-order valence-corrected chi connectivity index (χ0v) is 14.8. The Balaban J connectivity index is 2.55. The van der Waals surface area contributed by atoms with Crippen LogP contribution in [0.15, 0.2) is 39.5 Å². The number of carbonyl (C=O) groups excluding carboxylic acids is 1. The van der Waals surface area contributed by atoms with Crippen molar-refractivity contribution in [3.8, 4) is 5.75 Å². The second kappa shape index (κ2) is 8.64. The van der Waals surface area contributed by atoms with E-state index in [4.69, 9.17) is 16.3 Å². The summed E-state index contributed by atoms with van der Waals surface area (Å²) < 4.78 is 5.22. The SMILES string of the molecule is COc1c(Cl)cccc1N=C(NO)/C(=N\O)C1=C(C(C)=O)CCCC1. The van der Waals surface area contributed by atoms with E-state index in [1.165, 1.54) is 14.0 Å². The Morgan fingerprint density at radius 3 is 2.52 bits per heavy atom. The molecule has 0 heterocycles. The second-order valence-corrected chi connectivity index (χ2v) is 5.94. The number of rotatable bonds is 5. The van der Waals surface area contributed by atoms with E-state index in [1.54, 1.807) is 18.2 Å². The predicted molar refractivity (Wildman–Crippen MR) is 95.4 cm³/mol. The molecule has 0 spiro atoms. The maximum atomic E-state index is 11.9. The lowest BCUT2D eigenvalue weighted by Crippen LogP contribution is -2.31. The summed E-state index contributed by atoms with van der Waals surface area (Å²) in [6.07, 6.45) is 2.90. The Hall–Kier alpha value is -2.38. The topological polar surface area (TPSA) is 104 Å². The first-order chi connectivity index (χ1) is 12.0. The molecule has 3 N–H and O–H groups in total. The van der Waals surface area contributed by atoms with Crippen LogP contribution in [0.2, 0.25) is 5.02 Å². The van der Waals surface area contributed by atoms with Gasteiger partial charge in [-0.1, -0.05) is 22.8 Å². The lowest BCUT2D eigenvalue weighted by Gasteiger charge is -2.20. The molecule has 1 aliphatic carbocycles. The molecule has 0 saturated heterocycles. The van der Waals surface area contributed by atoms with Gasteiger partial charge in [0.2, 0.25) is 0 Å². The first kappa shape index (κ1) is 19.0. The van der Waals surface area contributed by atoms with Crippen molar-refractivity contribution >= 4 is 34.6 Å². The monoisotopic (exact) mass is 365 g/mol. The number of nitrogens with one attached hydrogen (secondary N) is 1. The van der Waals surface area contributed by atoms with Crippen LogP contribution in [-0.2, 0) is 4.79 Å². The molecule has 2 rings (SSSR count). The quantitative estimate of drug-likeness (QED) is 0.320. The number of benzene rings is 1. The lowest BCUT2D eigenvalue weighted by atomic mass is 9.86. The van der Waals surface area contributed by atoms with E-state index in [-0.39, 0.29) is 17.3 Å². The summed E-state index contributed by atoms with van der Waals surface area (Å²) in [5, 5.41) is 22.6. The third-order valence-electron chi connectivity index (χ3n) is 3.99. The minimum Gasteiger partial charge on any atom is -0.493 e. The molecule has 0 fully saturated rings. The third-order valence-corrected chi connectivity index (χ3v) is 4.29. The molecular weight excluding hydrogens is 346 g/mol. The molecule has 0 saturated carbocycles. The van der Waals surface area contributed by atoms with Gasteiger partial charge in [0.25, 0.3) is 0 Å². The normalized spacial score (nSPS) is 16.0. The van der Waals surface area contributed by atoms with E-state index >= 15 is 0 Å². The van der Waals surface area contributed by atoms with Gasteiger partial charge in [0.15, 0.2) is 23.1 Å². The number of halogens is 1.